The van der Waals surface area contributed by atoms with E-state index >= 15 is 0 Å². The van der Waals surface area contributed by atoms with Gasteiger partial charge in [0.2, 0.25) is 0 Å². The monoisotopic (exact) mass is 244 g/mol. The van der Waals surface area contributed by atoms with Crippen LogP contribution in [0.1, 0.15) is 25.3 Å². The van der Waals surface area contributed by atoms with Crippen molar-refractivity contribution in [2.45, 2.75) is 24.0 Å². The summed E-state index contributed by atoms with van der Waals surface area (Å²) in [6.45, 7) is 2.40. The number of hydrogen-bond acceptors (Lipinski definition) is 4. The Hall–Kier alpha value is -0.900. The summed E-state index contributed by atoms with van der Waals surface area (Å²) in [5, 5.41) is 10.3. The van der Waals surface area contributed by atoms with E-state index in [1.54, 1.807) is 5.38 Å². The van der Waals surface area contributed by atoms with Crippen LogP contribution in [0, 0.1) is 11.3 Å². The molecule has 1 aromatic heterocycles. The highest BCUT2D eigenvalue weighted by atomic mass is 32.2. The predicted molar refractivity (Wildman–Crippen MR) is 59.1 cm³/mol. The topological polar surface area (TPSA) is 70.0 Å². The van der Waals surface area contributed by atoms with Crippen molar-refractivity contribution in [2.24, 2.45) is 0 Å². The number of rotatable bonds is 5. The van der Waals surface area contributed by atoms with Crippen molar-refractivity contribution < 1.29 is 8.42 Å². The summed E-state index contributed by atoms with van der Waals surface area (Å²) in [5.74, 6) is 0. The molecular weight excluding hydrogens is 232 g/mol. The molecule has 15 heavy (non-hydrogen) atoms. The van der Waals surface area contributed by atoms with Gasteiger partial charge in [0.25, 0.3) is 10.0 Å². The summed E-state index contributed by atoms with van der Waals surface area (Å²) in [5.41, 5.74) is 0.212. The Balaban J connectivity index is 2.83. The number of hydrogen-bond donors (Lipinski definition) is 1. The number of sulfonamides is 1. The van der Waals surface area contributed by atoms with Gasteiger partial charge in [0, 0.05) is 6.54 Å². The fourth-order valence-electron chi connectivity index (χ4n) is 1.04. The third-order valence-electron chi connectivity index (χ3n) is 1.82. The molecule has 0 aliphatic heterocycles. The Morgan fingerprint density at radius 1 is 1.60 bits per heavy atom. The lowest BCUT2D eigenvalue weighted by atomic mass is 10.3. The smallest absolute Gasteiger partial charge is 0.210 e. The molecule has 0 saturated carbocycles. The van der Waals surface area contributed by atoms with Gasteiger partial charge in [0.05, 0.1) is 5.56 Å². The predicted octanol–water partition coefficient (Wildman–Crippen LogP) is 1.70. The minimum Gasteiger partial charge on any atom is -0.210 e. The lowest BCUT2D eigenvalue weighted by Crippen LogP contribution is -2.24. The van der Waals surface area contributed by atoms with Gasteiger partial charge in [-0.25, -0.2) is 13.1 Å². The molecule has 1 rings (SSSR count). The van der Waals surface area contributed by atoms with Gasteiger partial charge in [-0.15, -0.1) is 11.3 Å². The minimum absolute atomic E-state index is 0.112. The molecular formula is C9H12N2O2S2. The van der Waals surface area contributed by atoms with Gasteiger partial charge in [-0.2, -0.15) is 5.26 Å². The van der Waals surface area contributed by atoms with Crippen LogP contribution < -0.4 is 4.72 Å². The third-order valence-corrected chi connectivity index (χ3v) is 4.76. The molecule has 0 amide bonds. The minimum atomic E-state index is -3.49. The zero-order valence-electron chi connectivity index (χ0n) is 8.36. The molecule has 0 radical (unpaired) electrons. The molecule has 0 aromatic carbocycles. The SMILES string of the molecule is CCCCNS(=O)(=O)c1sccc1C#N. The van der Waals surface area contributed by atoms with Crippen molar-refractivity contribution in [1.82, 2.24) is 4.72 Å². The first-order valence-corrected chi connectivity index (χ1v) is 6.95. The Labute approximate surface area is 93.6 Å². The van der Waals surface area contributed by atoms with Crippen LogP contribution >= 0.6 is 11.3 Å². The fourth-order valence-corrected chi connectivity index (χ4v) is 3.40. The summed E-state index contributed by atoms with van der Waals surface area (Å²) in [7, 11) is -3.49. The normalized spacial score (nSPS) is 11.2. The number of unbranched alkanes of at least 4 members (excludes halogenated alkanes) is 1. The maximum atomic E-state index is 11.7. The van der Waals surface area contributed by atoms with Crippen molar-refractivity contribution in [1.29, 1.82) is 5.26 Å². The number of nitriles is 1. The van der Waals surface area contributed by atoms with Crippen LogP contribution in [0.4, 0.5) is 0 Å². The van der Waals surface area contributed by atoms with Gasteiger partial charge in [-0.3, -0.25) is 0 Å². The summed E-state index contributed by atoms with van der Waals surface area (Å²) in [6, 6.07) is 3.38. The van der Waals surface area contributed by atoms with Crippen LogP contribution in [0.25, 0.3) is 0 Å². The lowest BCUT2D eigenvalue weighted by Gasteiger charge is -2.03. The van der Waals surface area contributed by atoms with Crippen LogP contribution in [-0.4, -0.2) is 15.0 Å². The molecule has 4 nitrogen and oxygen atoms in total. The summed E-state index contributed by atoms with van der Waals surface area (Å²) >= 11 is 1.07. The average molecular weight is 244 g/mol. The van der Waals surface area contributed by atoms with E-state index in [4.69, 9.17) is 5.26 Å². The Morgan fingerprint density at radius 2 is 2.33 bits per heavy atom. The van der Waals surface area contributed by atoms with E-state index in [2.05, 4.69) is 4.72 Å². The summed E-state index contributed by atoms with van der Waals surface area (Å²) in [4.78, 5) is 0. The Bertz CT molecular complexity index is 457. The molecule has 1 N–H and O–H groups in total. The van der Waals surface area contributed by atoms with E-state index in [1.165, 1.54) is 6.07 Å². The highest BCUT2D eigenvalue weighted by Crippen LogP contribution is 2.21. The van der Waals surface area contributed by atoms with Gasteiger partial charge in [0.15, 0.2) is 4.21 Å². The van der Waals surface area contributed by atoms with E-state index in [9.17, 15) is 8.42 Å². The van der Waals surface area contributed by atoms with Crippen molar-refractivity contribution in [3.05, 3.63) is 17.0 Å². The van der Waals surface area contributed by atoms with Crippen molar-refractivity contribution in [3.8, 4) is 6.07 Å². The van der Waals surface area contributed by atoms with Gasteiger partial charge in [-0.05, 0) is 17.9 Å². The van der Waals surface area contributed by atoms with Gasteiger partial charge < -0.3 is 0 Å². The lowest BCUT2D eigenvalue weighted by molar-refractivity contribution is 0.580. The molecule has 0 spiro atoms. The average Bonchev–Trinajstić information content (AvgIpc) is 2.66. The fraction of sp³-hybridized carbons (Fsp3) is 0.444. The zero-order chi connectivity index (χ0) is 11.3. The highest BCUT2D eigenvalue weighted by Gasteiger charge is 2.19. The first-order valence-electron chi connectivity index (χ1n) is 4.59. The maximum absolute atomic E-state index is 11.7. The van der Waals surface area contributed by atoms with E-state index in [1.807, 2.05) is 13.0 Å². The van der Waals surface area contributed by atoms with Crippen LogP contribution in [-0.2, 0) is 10.0 Å². The third kappa shape index (κ3) is 3.02. The molecule has 0 aliphatic rings. The Morgan fingerprint density at radius 3 is 2.93 bits per heavy atom. The van der Waals surface area contributed by atoms with Crippen LogP contribution in [0.5, 0.6) is 0 Å². The van der Waals surface area contributed by atoms with E-state index in [0.717, 1.165) is 24.2 Å². The molecule has 0 unspecified atom stereocenters. The number of thiophene rings is 1. The molecule has 0 bridgehead atoms. The molecule has 1 heterocycles. The second-order valence-electron chi connectivity index (χ2n) is 2.98. The standard InChI is InChI=1S/C9H12N2O2S2/c1-2-3-5-11-15(12,13)9-8(7-10)4-6-14-9/h4,6,11H,2-3,5H2,1H3. The van der Waals surface area contributed by atoms with Crippen molar-refractivity contribution in [2.75, 3.05) is 6.54 Å². The second-order valence-corrected chi connectivity index (χ2v) is 5.86. The number of nitrogens with one attached hydrogen (secondary N) is 1. The van der Waals surface area contributed by atoms with Crippen LogP contribution in [0.3, 0.4) is 0 Å². The highest BCUT2D eigenvalue weighted by molar-refractivity contribution is 7.91. The summed E-state index contributed by atoms with van der Waals surface area (Å²) < 4.78 is 26.0. The first kappa shape index (κ1) is 12.2. The Kier molecular flexibility index (Phi) is 4.27. The molecule has 0 atom stereocenters. The van der Waals surface area contributed by atoms with E-state index < -0.39 is 10.0 Å². The van der Waals surface area contributed by atoms with Crippen LogP contribution in [0.2, 0.25) is 0 Å². The largest absolute Gasteiger partial charge is 0.251 e. The van der Waals surface area contributed by atoms with Crippen molar-refractivity contribution >= 4 is 21.4 Å². The second kappa shape index (κ2) is 5.26. The van der Waals surface area contributed by atoms with Gasteiger partial charge in [-0.1, -0.05) is 13.3 Å². The van der Waals surface area contributed by atoms with E-state index in [0.29, 0.717) is 6.54 Å². The first-order chi connectivity index (χ1) is 7.11. The quantitative estimate of drug-likeness (QED) is 0.801. The molecule has 0 fully saturated rings. The van der Waals surface area contributed by atoms with Crippen molar-refractivity contribution in [3.63, 3.8) is 0 Å². The molecule has 0 aliphatic carbocycles. The maximum Gasteiger partial charge on any atom is 0.251 e. The van der Waals surface area contributed by atoms with E-state index in [-0.39, 0.29) is 9.77 Å². The summed E-state index contributed by atoms with van der Waals surface area (Å²) in [6.07, 6.45) is 1.73. The van der Waals surface area contributed by atoms with Crippen LogP contribution in [0.15, 0.2) is 15.7 Å². The molecule has 6 heteroatoms. The number of nitrogens with zero attached hydrogens (tertiary/aromatic N) is 1. The zero-order valence-corrected chi connectivity index (χ0v) is 9.99. The van der Waals surface area contributed by atoms with Gasteiger partial charge >= 0.3 is 0 Å². The molecule has 0 saturated heterocycles. The molecule has 1 aromatic rings. The van der Waals surface area contributed by atoms with Gasteiger partial charge in [0.1, 0.15) is 6.07 Å². The molecule has 82 valence electrons.